The number of hydrogen-bond donors (Lipinski definition) is 0. The summed E-state index contributed by atoms with van der Waals surface area (Å²) < 4.78 is 0. The maximum atomic E-state index is 13.2. The fourth-order valence-electron chi connectivity index (χ4n) is 5.39. The Morgan fingerprint density at radius 2 is 1.40 bits per heavy atom. The van der Waals surface area contributed by atoms with Crippen LogP contribution in [0.3, 0.4) is 0 Å². The number of fused-ring (bicyclic) bond motifs is 1. The van der Waals surface area contributed by atoms with Crippen LogP contribution in [0.15, 0.2) is 48.5 Å². The number of imide groups is 1. The topological polar surface area (TPSA) is 78.0 Å². The molecule has 4 amide bonds. The molecule has 0 spiro atoms. The van der Waals surface area contributed by atoms with Gasteiger partial charge in [0, 0.05) is 37.7 Å². The molecule has 35 heavy (non-hydrogen) atoms. The number of carbonyl (C=O) groups is 4. The van der Waals surface area contributed by atoms with Gasteiger partial charge in [-0.1, -0.05) is 43.2 Å². The predicted octanol–water partition coefficient (Wildman–Crippen LogP) is 3.74. The lowest BCUT2D eigenvalue weighted by Gasteiger charge is -2.34. The Kier molecular flexibility index (Phi) is 6.66. The molecule has 7 heteroatoms. The van der Waals surface area contributed by atoms with Crippen molar-refractivity contribution in [3.63, 3.8) is 0 Å². The van der Waals surface area contributed by atoms with Crippen molar-refractivity contribution >= 4 is 23.6 Å². The molecule has 0 aromatic heterocycles. The van der Waals surface area contributed by atoms with Crippen LogP contribution in [0.4, 0.5) is 0 Å². The average molecular weight is 474 g/mol. The SMILES string of the molecule is O=C(c1ccc2c(c1)C(=O)N(Cc1ccccc1)C2=O)N1CCC(C(=O)N2CCCCCC2)CC1. The number of hydrogen-bond acceptors (Lipinski definition) is 4. The highest BCUT2D eigenvalue weighted by molar-refractivity contribution is 6.22. The Morgan fingerprint density at radius 1 is 0.743 bits per heavy atom. The summed E-state index contributed by atoms with van der Waals surface area (Å²) in [6.45, 7) is 2.94. The van der Waals surface area contributed by atoms with Crippen molar-refractivity contribution in [3.8, 4) is 0 Å². The van der Waals surface area contributed by atoms with Gasteiger partial charge in [-0.3, -0.25) is 24.1 Å². The molecule has 3 aliphatic heterocycles. The van der Waals surface area contributed by atoms with Crippen LogP contribution in [0, 0.1) is 5.92 Å². The van der Waals surface area contributed by atoms with Gasteiger partial charge in [-0.15, -0.1) is 0 Å². The Balaban J connectivity index is 1.23. The average Bonchev–Trinajstić information content (AvgIpc) is 3.09. The van der Waals surface area contributed by atoms with Crippen LogP contribution < -0.4 is 0 Å². The molecule has 182 valence electrons. The van der Waals surface area contributed by atoms with Gasteiger partial charge in [0.05, 0.1) is 17.7 Å². The lowest BCUT2D eigenvalue weighted by Crippen LogP contribution is -2.44. The zero-order valence-electron chi connectivity index (χ0n) is 19.9. The van der Waals surface area contributed by atoms with E-state index < -0.39 is 0 Å². The lowest BCUT2D eigenvalue weighted by molar-refractivity contribution is -0.136. The highest BCUT2D eigenvalue weighted by Crippen LogP contribution is 2.28. The smallest absolute Gasteiger partial charge is 0.261 e. The molecule has 3 aliphatic rings. The molecular weight excluding hydrogens is 442 g/mol. The van der Waals surface area contributed by atoms with E-state index in [1.807, 2.05) is 35.2 Å². The van der Waals surface area contributed by atoms with Gasteiger partial charge in [0.25, 0.3) is 17.7 Å². The summed E-state index contributed by atoms with van der Waals surface area (Å²) in [4.78, 5) is 57.0. The van der Waals surface area contributed by atoms with Crippen molar-refractivity contribution in [3.05, 3.63) is 70.8 Å². The normalized spacial score (nSPS) is 19.0. The van der Waals surface area contributed by atoms with E-state index in [0.29, 0.717) is 37.1 Å². The van der Waals surface area contributed by atoms with Crippen LogP contribution in [-0.2, 0) is 11.3 Å². The maximum absolute atomic E-state index is 13.2. The third-order valence-electron chi connectivity index (χ3n) is 7.45. The van der Waals surface area contributed by atoms with Gasteiger partial charge in [0.15, 0.2) is 0 Å². The first kappa shape index (κ1) is 23.3. The van der Waals surface area contributed by atoms with Crippen molar-refractivity contribution in [2.75, 3.05) is 26.2 Å². The minimum atomic E-state index is -0.370. The minimum Gasteiger partial charge on any atom is -0.342 e. The summed E-state index contributed by atoms with van der Waals surface area (Å²) in [7, 11) is 0. The van der Waals surface area contributed by atoms with E-state index in [9.17, 15) is 19.2 Å². The zero-order chi connectivity index (χ0) is 24.4. The van der Waals surface area contributed by atoms with Crippen molar-refractivity contribution in [2.24, 2.45) is 5.92 Å². The van der Waals surface area contributed by atoms with Crippen molar-refractivity contribution in [1.29, 1.82) is 0 Å². The van der Waals surface area contributed by atoms with E-state index >= 15 is 0 Å². The van der Waals surface area contributed by atoms with Crippen LogP contribution in [0.1, 0.15) is 75.2 Å². The molecule has 2 aromatic carbocycles. The van der Waals surface area contributed by atoms with Gasteiger partial charge in [0.2, 0.25) is 5.91 Å². The van der Waals surface area contributed by atoms with Crippen molar-refractivity contribution < 1.29 is 19.2 Å². The third-order valence-corrected chi connectivity index (χ3v) is 7.45. The number of piperidine rings is 1. The standard InChI is InChI=1S/C28H31N3O4/c32-25(29-14-6-1-2-7-15-29)21-12-16-30(17-13-21)26(33)22-10-11-23-24(18-22)28(35)31(27(23)34)19-20-8-4-3-5-9-20/h3-5,8-11,18,21H,1-2,6-7,12-17,19H2. The number of nitrogens with zero attached hydrogens (tertiary/aromatic N) is 3. The molecule has 7 nitrogen and oxygen atoms in total. The number of amides is 4. The first-order valence-corrected chi connectivity index (χ1v) is 12.6. The molecule has 0 atom stereocenters. The van der Waals surface area contributed by atoms with Crippen LogP contribution >= 0.6 is 0 Å². The Labute approximate surface area is 205 Å². The molecule has 0 saturated carbocycles. The molecule has 2 saturated heterocycles. The van der Waals surface area contributed by atoms with E-state index in [4.69, 9.17) is 0 Å². The number of benzene rings is 2. The number of rotatable bonds is 4. The second-order valence-electron chi connectivity index (χ2n) is 9.75. The summed E-state index contributed by atoms with van der Waals surface area (Å²) in [6, 6.07) is 14.1. The number of carbonyl (C=O) groups excluding carboxylic acids is 4. The quantitative estimate of drug-likeness (QED) is 0.634. The van der Waals surface area contributed by atoms with Crippen LogP contribution in [0.2, 0.25) is 0 Å². The minimum absolute atomic E-state index is 0.0251. The van der Waals surface area contributed by atoms with Gasteiger partial charge in [-0.05, 0) is 49.4 Å². The molecule has 0 radical (unpaired) electrons. The van der Waals surface area contributed by atoms with Crippen molar-refractivity contribution in [1.82, 2.24) is 14.7 Å². The molecule has 3 heterocycles. The highest BCUT2D eigenvalue weighted by Gasteiger charge is 2.37. The Bertz CT molecular complexity index is 1130. The van der Waals surface area contributed by atoms with E-state index in [0.717, 1.165) is 31.5 Å². The zero-order valence-corrected chi connectivity index (χ0v) is 19.9. The molecular formula is C28H31N3O4. The fraction of sp³-hybridized carbons (Fsp3) is 0.429. The molecule has 0 bridgehead atoms. The second kappa shape index (κ2) is 10.0. The molecule has 0 N–H and O–H groups in total. The Morgan fingerprint density at radius 3 is 2.09 bits per heavy atom. The van der Waals surface area contributed by atoms with E-state index in [1.54, 1.807) is 23.1 Å². The van der Waals surface area contributed by atoms with Gasteiger partial charge in [-0.25, -0.2) is 0 Å². The van der Waals surface area contributed by atoms with Gasteiger partial charge < -0.3 is 9.80 Å². The molecule has 2 aromatic rings. The molecule has 0 unspecified atom stereocenters. The monoisotopic (exact) mass is 473 g/mol. The summed E-state index contributed by atoms with van der Waals surface area (Å²) in [5, 5.41) is 0. The number of likely N-dealkylation sites (tertiary alicyclic amines) is 2. The molecule has 5 rings (SSSR count). The second-order valence-corrected chi connectivity index (χ2v) is 9.75. The summed E-state index contributed by atoms with van der Waals surface area (Å²) in [6.07, 6.45) is 5.85. The van der Waals surface area contributed by atoms with Gasteiger partial charge in [-0.2, -0.15) is 0 Å². The van der Waals surface area contributed by atoms with Crippen LogP contribution in [0.25, 0.3) is 0 Å². The van der Waals surface area contributed by atoms with Crippen LogP contribution in [0.5, 0.6) is 0 Å². The fourth-order valence-corrected chi connectivity index (χ4v) is 5.39. The van der Waals surface area contributed by atoms with Gasteiger partial charge >= 0.3 is 0 Å². The van der Waals surface area contributed by atoms with Crippen LogP contribution in [-0.4, -0.2) is 64.5 Å². The lowest BCUT2D eigenvalue weighted by atomic mass is 9.94. The summed E-state index contributed by atoms with van der Waals surface area (Å²) in [5.74, 6) is -0.650. The van der Waals surface area contributed by atoms with Crippen molar-refractivity contribution in [2.45, 2.75) is 45.1 Å². The Hall–Kier alpha value is -3.48. The molecule has 0 aliphatic carbocycles. The first-order valence-electron chi connectivity index (χ1n) is 12.6. The van der Waals surface area contributed by atoms with E-state index in [1.165, 1.54) is 17.7 Å². The molecule has 2 fully saturated rings. The third kappa shape index (κ3) is 4.72. The van der Waals surface area contributed by atoms with Gasteiger partial charge in [0.1, 0.15) is 0 Å². The van der Waals surface area contributed by atoms with E-state index in [2.05, 4.69) is 0 Å². The summed E-state index contributed by atoms with van der Waals surface area (Å²) in [5.41, 5.74) is 1.90. The first-order chi connectivity index (χ1) is 17.0. The van der Waals surface area contributed by atoms with E-state index in [-0.39, 0.29) is 41.7 Å². The predicted molar refractivity (Wildman–Crippen MR) is 131 cm³/mol. The highest BCUT2D eigenvalue weighted by atomic mass is 16.2. The largest absolute Gasteiger partial charge is 0.342 e. The summed E-state index contributed by atoms with van der Waals surface area (Å²) >= 11 is 0. The maximum Gasteiger partial charge on any atom is 0.261 e.